The highest BCUT2D eigenvalue weighted by atomic mass is 16.5. The van der Waals surface area contributed by atoms with E-state index in [-0.39, 0.29) is 11.6 Å². The number of hydrogen-bond donors (Lipinski definition) is 2. The van der Waals surface area contributed by atoms with Crippen LogP contribution < -0.4 is 5.32 Å². The SMILES string of the molecule is C=NC1=C(/C=C(\C)C(=O)O)OC[C@H](C(C)C)N1. The second-order valence-electron chi connectivity index (χ2n) is 4.31. The van der Waals surface area contributed by atoms with Gasteiger partial charge in [0.25, 0.3) is 0 Å². The molecular formula is C12H18N2O3. The van der Waals surface area contributed by atoms with Gasteiger partial charge in [0, 0.05) is 5.57 Å². The Balaban J connectivity index is 2.94. The van der Waals surface area contributed by atoms with E-state index in [0.29, 0.717) is 24.1 Å². The van der Waals surface area contributed by atoms with Gasteiger partial charge in [-0.15, -0.1) is 0 Å². The van der Waals surface area contributed by atoms with Crippen LogP contribution in [0.4, 0.5) is 0 Å². The van der Waals surface area contributed by atoms with E-state index in [1.54, 1.807) is 0 Å². The molecule has 0 bridgehead atoms. The van der Waals surface area contributed by atoms with Crippen molar-refractivity contribution in [1.29, 1.82) is 0 Å². The molecule has 94 valence electrons. The van der Waals surface area contributed by atoms with Gasteiger partial charge >= 0.3 is 5.97 Å². The summed E-state index contributed by atoms with van der Waals surface area (Å²) in [5, 5.41) is 12.0. The average Bonchev–Trinajstić information content (AvgIpc) is 2.28. The van der Waals surface area contributed by atoms with Crippen molar-refractivity contribution >= 4 is 12.7 Å². The highest BCUT2D eigenvalue weighted by molar-refractivity contribution is 5.86. The lowest BCUT2D eigenvalue weighted by Crippen LogP contribution is -2.40. The zero-order valence-electron chi connectivity index (χ0n) is 10.4. The Labute approximate surface area is 101 Å². The van der Waals surface area contributed by atoms with E-state index >= 15 is 0 Å². The number of carboxylic acids is 1. The summed E-state index contributed by atoms with van der Waals surface area (Å²) in [6, 6.07) is 0.165. The molecule has 0 amide bonds. The number of carbonyl (C=O) groups is 1. The second-order valence-corrected chi connectivity index (χ2v) is 4.31. The van der Waals surface area contributed by atoms with Crippen LogP contribution in [0, 0.1) is 5.92 Å². The lowest BCUT2D eigenvalue weighted by molar-refractivity contribution is -0.132. The largest absolute Gasteiger partial charge is 0.488 e. The van der Waals surface area contributed by atoms with Crippen molar-refractivity contribution in [3.05, 3.63) is 23.2 Å². The van der Waals surface area contributed by atoms with Crippen LogP contribution in [0.25, 0.3) is 0 Å². The second kappa shape index (κ2) is 5.52. The van der Waals surface area contributed by atoms with E-state index in [1.165, 1.54) is 13.0 Å². The van der Waals surface area contributed by atoms with E-state index < -0.39 is 5.97 Å². The molecule has 0 saturated heterocycles. The maximum atomic E-state index is 10.7. The molecule has 1 rings (SSSR count). The molecule has 5 heteroatoms. The summed E-state index contributed by atoms with van der Waals surface area (Å²) in [5.41, 5.74) is 0.200. The lowest BCUT2D eigenvalue weighted by atomic mass is 10.0. The van der Waals surface area contributed by atoms with Crippen molar-refractivity contribution in [2.24, 2.45) is 10.9 Å². The topological polar surface area (TPSA) is 70.9 Å². The Hall–Kier alpha value is -1.78. The Kier molecular flexibility index (Phi) is 4.31. The fourth-order valence-corrected chi connectivity index (χ4v) is 1.39. The zero-order chi connectivity index (χ0) is 13.0. The molecule has 0 aromatic heterocycles. The Morgan fingerprint density at radius 2 is 2.35 bits per heavy atom. The number of nitrogens with zero attached hydrogens (tertiary/aromatic N) is 1. The summed E-state index contributed by atoms with van der Waals surface area (Å²) in [6.45, 7) is 9.61. The molecule has 1 heterocycles. The number of aliphatic imine (C=N–C) groups is 1. The smallest absolute Gasteiger partial charge is 0.331 e. The number of allylic oxidation sites excluding steroid dienone is 1. The monoisotopic (exact) mass is 238 g/mol. The maximum Gasteiger partial charge on any atom is 0.331 e. The van der Waals surface area contributed by atoms with Gasteiger partial charge in [-0.25, -0.2) is 9.79 Å². The molecule has 0 aliphatic carbocycles. The highest BCUT2D eigenvalue weighted by Gasteiger charge is 2.22. The van der Waals surface area contributed by atoms with Gasteiger partial charge in [-0.3, -0.25) is 0 Å². The Morgan fingerprint density at radius 1 is 1.71 bits per heavy atom. The molecule has 1 aliphatic rings. The van der Waals surface area contributed by atoms with Gasteiger partial charge in [-0.2, -0.15) is 0 Å². The van der Waals surface area contributed by atoms with Crippen molar-refractivity contribution in [3.8, 4) is 0 Å². The minimum absolute atomic E-state index is 0.165. The molecule has 0 saturated carbocycles. The zero-order valence-corrected chi connectivity index (χ0v) is 10.4. The summed E-state index contributed by atoms with van der Waals surface area (Å²) in [5.74, 6) is 0.348. The average molecular weight is 238 g/mol. The maximum absolute atomic E-state index is 10.7. The number of hydrogen-bond acceptors (Lipinski definition) is 4. The number of ether oxygens (including phenoxy) is 1. The van der Waals surface area contributed by atoms with Crippen LogP contribution in [0.15, 0.2) is 28.2 Å². The summed E-state index contributed by atoms with van der Waals surface area (Å²) in [4.78, 5) is 14.6. The minimum atomic E-state index is -0.976. The molecular weight excluding hydrogens is 220 g/mol. The molecule has 0 aromatic rings. The third-order valence-electron chi connectivity index (χ3n) is 2.62. The third-order valence-corrected chi connectivity index (χ3v) is 2.62. The molecule has 1 aliphatic heterocycles. The van der Waals surface area contributed by atoms with Crippen LogP contribution >= 0.6 is 0 Å². The predicted molar refractivity (Wildman–Crippen MR) is 65.7 cm³/mol. The quantitative estimate of drug-likeness (QED) is 0.575. The normalized spacial score (nSPS) is 20.9. The molecule has 0 radical (unpaired) electrons. The minimum Gasteiger partial charge on any atom is -0.488 e. The first-order valence-corrected chi connectivity index (χ1v) is 5.47. The molecule has 17 heavy (non-hydrogen) atoms. The van der Waals surface area contributed by atoms with Gasteiger partial charge in [0.15, 0.2) is 11.6 Å². The van der Waals surface area contributed by atoms with Crippen molar-refractivity contribution in [1.82, 2.24) is 5.32 Å². The van der Waals surface area contributed by atoms with Crippen LogP contribution in [0.3, 0.4) is 0 Å². The summed E-state index contributed by atoms with van der Waals surface area (Å²) in [6.07, 6.45) is 1.45. The van der Waals surface area contributed by atoms with Crippen LogP contribution in [0.1, 0.15) is 20.8 Å². The molecule has 2 N–H and O–H groups in total. The van der Waals surface area contributed by atoms with Gasteiger partial charge in [0.2, 0.25) is 0 Å². The highest BCUT2D eigenvalue weighted by Crippen LogP contribution is 2.18. The Bertz CT molecular complexity index is 383. The van der Waals surface area contributed by atoms with E-state index in [9.17, 15) is 4.79 Å². The van der Waals surface area contributed by atoms with Crippen molar-refractivity contribution in [2.45, 2.75) is 26.8 Å². The first kappa shape index (κ1) is 13.3. The van der Waals surface area contributed by atoms with Crippen molar-refractivity contribution in [3.63, 3.8) is 0 Å². The number of nitrogens with one attached hydrogen (secondary N) is 1. The summed E-state index contributed by atoms with van der Waals surface area (Å²) < 4.78 is 5.52. The molecule has 1 atom stereocenters. The number of rotatable bonds is 4. The van der Waals surface area contributed by atoms with Gasteiger partial charge < -0.3 is 15.2 Å². The fourth-order valence-electron chi connectivity index (χ4n) is 1.39. The number of aliphatic carboxylic acids is 1. The van der Waals surface area contributed by atoms with E-state index in [0.717, 1.165) is 0 Å². The third kappa shape index (κ3) is 3.34. The molecule has 5 nitrogen and oxygen atoms in total. The first-order chi connectivity index (χ1) is 7.95. The van der Waals surface area contributed by atoms with Gasteiger partial charge in [0.05, 0.1) is 6.04 Å². The standard InChI is InChI=1S/C12H18N2O3/c1-7(2)9-6-17-10(11(13-4)14-9)5-8(3)12(15)16/h5,7,9,14H,4,6H2,1-3H3,(H,15,16)/b8-5+/t9-/m1/s1. The van der Waals surface area contributed by atoms with Crippen LogP contribution in [0.5, 0.6) is 0 Å². The van der Waals surface area contributed by atoms with Gasteiger partial charge in [-0.1, -0.05) is 13.8 Å². The lowest BCUT2D eigenvalue weighted by Gasteiger charge is -2.29. The van der Waals surface area contributed by atoms with E-state index in [2.05, 4.69) is 30.9 Å². The predicted octanol–water partition coefficient (Wildman–Crippen LogP) is 1.53. The van der Waals surface area contributed by atoms with Crippen molar-refractivity contribution < 1.29 is 14.6 Å². The molecule has 0 unspecified atom stereocenters. The van der Waals surface area contributed by atoms with Crippen molar-refractivity contribution in [2.75, 3.05) is 6.61 Å². The number of carboxylic acid groups (broad SMARTS) is 1. The van der Waals surface area contributed by atoms with Crippen LogP contribution in [0.2, 0.25) is 0 Å². The fraction of sp³-hybridized carbons (Fsp3) is 0.500. The Morgan fingerprint density at radius 3 is 2.82 bits per heavy atom. The van der Waals surface area contributed by atoms with Gasteiger partial charge in [0.1, 0.15) is 6.61 Å². The molecule has 0 spiro atoms. The van der Waals surface area contributed by atoms with E-state index in [4.69, 9.17) is 9.84 Å². The van der Waals surface area contributed by atoms with Gasteiger partial charge in [-0.05, 0) is 25.6 Å². The van der Waals surface area contributed by atoms with E-state index in [1.807, 2.05) is 0 Å². The summed E-state index contributed by atoms with van der Waals surface area (Å²) in [7, 11) is 0. The molecule has 0 aromatic carbocycles. The first-order valence-electron chi connectivity index (χ1n) is 5.47. The van der Waals surface area contributed by atoms with Crippen LogP contribution in [-0.4, -0.2) is 30.4 Å². The van der Waals surface area contributed by atoms with Crippen LogP contribution in [-0.2, 0) is 9.53 Å². The molecule has 0 fully saturated rings. The summed E-state index contributed by atoms with van der Waals surface area (Å²) >= 11 is 0.